The van der Waals surface area contributed by atoms with E-state index in [0.29, 0.717) is 11.6 Å². The van der Waals surface area contributed by atoms with Gasteiger partial charge in [-0.1, -0.05) is 43.5 Å². The van der Waals surface area contributed by atoms with Crippen molar-refractivity contribution in [3.63, 3.8) is 0 Å². The minimum Gasteiger partial charge on any atom is -0.322 e. The zero-order valence-electron chi connectivity index (χ0n) is 17.0. The van der Waals surface area contributed by atoms with Crippen molar-refractivity contribution in [1.29, 1.82) is 0 Å². The van der Waals surface area contributed by atoms with Gasteiger partial charge in [0.25, 0.3) is 5.91 Å². The summed E-state index contributed by atoms with van der Waals surface area (Å²) < 4.78 is 26.3. The molecule has 0 aromatic heterocycles. The Morgan fingerprint density at radius 1 is 1.07 bits per heavy atom. The third kappa shape index (κ3) is 5.44. The van der Waals surface area contributed by atoms with Crippen molar-refractivity contribution < 1.29 is 13.2 Å². The van der Waals surface area contributed by atoms with Crippen LogP contribution in [0.1, 0.15) is 48.0 Å². The van der Waals surface area contributed by atoms with Gasteiger partial charge in [-0.2, -0.15) is 0 Å². The summed E-state index contributed by atoms with van der Waals surface area (Å²) in [4.78, 5) is 15.2. The second kappa shape index (κ2) is 9.52. The van der Waals surface area contributed by atoms with Crippen molar-refractivity contribution in [2.45, 2.75) is 49.6 Å². The van der Waals surface area contributed by atoms with Crippen molar-refractivity contribution in [2.24, 2.45) is 0 Å². The maximum Gasteiger partial charge on any atom is 0.255 e. The second-order valence-corrected chi connectivity index (χ2v) is 9.44. The Morgan fingerprint density at radius 3 is 2.52 bits per heavy atom. The SMILES string of the molecule is CNS(=O)(=O)c1cccc(C(=O)Nc2ccccc2CN(C)C2CCCCC2)c1. The zero-order valence-corrected chi connectivity index (χ0v) is 17.8. The first-order valence-electron chi connectivity index (χ1n) is 10.0. The van der Waals surface area contributed by atoms with Gasteiger partial charge in [0.2, 0.25) is 10.0 Å². The summed E-state index contributed by atoms with van der Waals surface area (Å²) in [7, 11) is -0.112. The number of hydrogen-bond acceptors (Lipinski definition) is 4. The molecule has 0 saturated heterocycles. The molecular formula is C22H29N3O3S. The van der Waals surface area contributed by atoms with Crippen molar-refractivity contribution in [1.82, 2.24) is 9.62 Å². The first kappa shape index (κ1) is 21.5. The highest BCUT2D eigenvalue weighted by molar-refractivity contribution is 7.89. The van der Waals surface area contributed by atoms with Crippen LogP contribution in [0.25, 0.3) is 0 Å². The summed E-state index contributed by atoms with van der Waals surface area (Å²) in [6.45, 7) is 0.759. The van der Waals surface area contributed by atoms with E-state index in [4.69, 9.17) is 0 Å². The topological polar surface area (TPSA) is 78.5 Å². The molecule has 2 aromatic carbocycles. The number of benzene rings is 2. The maximum absolute atomic E-state index is 12.8. The third-order valence-corrected chi connectivity index (χ3v) is 6.97. The van der Waals surface area contributed by atoms with Crippen molar-refractivity contribution >= 4 is 21.6 Å². The monoisotopic (exact) mass is 415 g/mol. The molecule has 6 nitrogen and oxygen atoms in total. The molecule has 1 aliphatic rings. The van der Waals surface area contributed by atoms with Crippen LogP contribution in [0.15, 0.2) is 53.4 Å². The molecule has 0 atom stereocenters. The van der Waals surface area contributed by atoms with Gasteiger partial charge in [0, 0.05) is 23.8 Å². The van der Waals surface area contributed by atoms with Crippen LogP contribution in [-0.4, -0.2) is 39.4 Å². The van der Waals surface area contributed by atoms with Crippen LogP contribution in [0.3, 0.4) is 0 Å². The Hall–Kier alpha value is -2.22. The number of carbonyl (C=O) groups excluding carboxylic acids is 1. The summed E-state index contributed by atoms with van der Waals surface area (Å²) in [5.74, 6) is -0.328. The van der Waals surface area contributed by atoms with E-state index in [9.17, 15) is 13.2 Å². The average Bonchev–Trinajstić information content (AvgIpc) is 2.75. The van der Waals surface area contributed by atoms with Gasteiger partial charge >= 0.3 is 0 Å². The fourth-order valence-corrected chi connectivity index (χ4v) is 4.59. The van der Waals surface area contributed by atoms with Gasteiger partial charge in [-0.25, -0.2) is 13.1 Å². The van der Waals surface area contributed by atoms with E-state index < -0.39 is 10.0 Å². The van der Waals surface area contributed by atoms with E-state index >= 15 is 0 Å². The van der Waals surface area contributed by atoms with Gasteiger partial charge in [0.1, 0.15) is 0 Å². The number of nitrogens with one attached hydrogen (secondary N) is 2. The molecule has 1 amide bonds. The Bertz CT molecular complexity index is 953. The predicted octanol–water partition coefficient (Wildman–Crippen LogP) is 3.61. The number of carbonyl (C=O) groups is 1. The van der Waals surface area contributed by atoms with Crippen molar-refractivity contribution in [2.75, 3.05) is 19.4 Å². The summed E-state index contributed by atoms with van der Waals surface area (Å²) in [6.07, 6.45) is 6.31. The number of nitrogens with zero attached hydrogens (tertiary/aromatic N) is 1. The first-order valence-corrected chi connectivity index (χ1v) is 11.5. The van der Waals surface area contributed by atoms with Crippen LogP contribution in [0.5, 0.6) is 0 Å². The lowest BCUT2D eigenvalue weighted by Gasteiger charge is -2.31. The molecular weight excluding hydrogens is 386 g/mol. The molecule has 0 unspecified atom stereocenters. The van der Waals surface area contributed by atoms with E-state index in [1.165, 1.54) is 51.3 Å². The lowest BCUT2D eigenvalue weighted by Crippen LogP contribution is -2.33. The van der Waals surface area contributed by atoms with Crippen LogP contribution in [0, 0.1) is 0 Å². The van der Waals surface area contributed by atoms with Gasteiger partial charge in [-0.05, 0) is 56.8 Å². The fraction of sp³-hybridized carbons (Fsp3) is 0.409. The fourth-order valence-electron chi connectivity index (χ4n) is 3.82. The molecule has 0 heterocycles. The lowest BCUT2D eigenvalue weighted by molar-refractivity contribution is 0.102. The van der Waals surface area contributed by atoms with E-state index in [2.05, 4.69) is 22.0 Å². The molecule has 1 saturated carbocycles. The summed E-state index contributed by atoms with van der Waals surface area (Å²) in [6, 6.07) is 14.4. The Kier molecular flexibility index (Phi) is 7.05. The third-order valence-electron chi connectivity index (χ3n) is 5.56. The molecule has 0 spiro atoms. The van der Waals surface area contributed by atoms with Crippen molar-refractivity contribution in [3.05, 3.63) is 59.7 Å². The molecule has 156 valence electrons. The molecule has 7 heteroatoms. The minimum absolute atomic E-state index is 0.0676. The highest BCUT2D eigenvalue weighted by atomic mass is 32.2. The number of sulfonamides is 1. The van der Waals surface area contributed by atoms with Crippen LogP contribution >= 0.6 is 0 Å². The number of hydrogen-bond donors (Lipinski definition) is 2. The largest absolute Gasteiger partial charge is 0.322 e. The molecule has 1 aliphatic carbocycles. The zero-order chi connectivity index (χ0) is 20.9. The van der Waals surface area contributed by atoms with Crippen LogP contribution in [0.4, 0.5) is 5.69 Å². The van der Waals surface area contributed by atoms with Crippen LogP contribution < -0.4 is 10.0 Å². The van der Waals surface area contributed by atoms with E-state index in [0.717, 1.165) is 17.8 Å². The van der Waals surface area contributed by atoms with E-state index in [-0.39, 0.29) is 10.8 Å². The predicted molar refractivity (Wildman–Crippen MR) is 115 cm³/mol. The minimum atomic E-state index is -3.60. The van der Waals surface area contributed by atoms with Crippen molar-refractivity contribution in [3.8, 4) is 0 Å². The van der Waals surface area contributed by atoms with E-state index in [1.807, 2.05) is 24.3 Å². The molecule has 1 fully saturated rings. The van der Waals surface area contributed by atoms with Gasteiger partial charge in [-0.3, -0.25) is 9.69 Å². The lowest BCUT2D eigenvalue weighted by atomic mass is 9.94. The average molecular weight is 416 g/mol. The summed E-state index contributed by atoms with van der Waals surface area (Å²) >= 11 is 0. The number of para-hydroxylation sites is 1. The molecule has 3 rings (SSSR count). The maximum atomic E-state index is 12.8. The van der Waals surface area contributed by atoms with Gasteiger partial charge < -0.3 is 5.32 Å². The Balaban J connectivity index is 1.75. The number of anilines is 1. The summed E-state index contributed by atoms with van der Waals surface area (Å²) in [5.41, 5.74) is 2.10. The van der Waals surface area contributed by atoms with Crippen LogP contribution in [-0.2, 0) is 16.6 Å². The number of rotatable bonds is 7. The molecule has 0 radical (unpaired) electrons. The molecule has 0 bridgehead atoms. The van der Waals surface area contributed by atoms with Gasteiger partial charge in [0.15, 0.2) is 0 Å². The highest BCUT2D eigenvalue weighted by Crippen LogP contribution is 2.25. The normalized spacial score (nSPS) is 15.4. The molecule has 2 aromatic rings. The van der Waals surface area contributed by atoms with E-state index in [1.54, 1.807) is 12.1 Å². The smallest absolute Gasteiger partial charge is 0.255 e. The Labute approximate surface area is 173 Å². The summed E-state index contributed by atoms with van der Waals surface area (Å²) in [5, 5.41) is 2.95. The van der Waals surface area contributed by atoms with Gasteiger partial charge in [-0.15, -0.1) is 0 Å². The standard InChI is InChI=1S/C22H29N3O3S/c1-23-29(27,28)20-13-8-10-17(15-20)22(26)24-21-14-7-6-9-18(21)16-25(2)19-11-4-3-5-12-19/h6-10,13-15,19,23H,3-5,11-12,16H2,1-2H3,(H,24,26). The molecule has 0 aliphatic heterocycles. The molecule has 2 N–H and O–H groups in total. The second-order valence-electron chi connectivity index (χ2n) is 7.55. The number of amides is 1. The van der Waals surface area contributed by atoms with Gasteiger partial charge in [0.05, 0.1) is 4.90 Å². The van der Waals surface area contributed by atoms with Crippen LogP contribution in [0.2, 0.25) is 0 Å². The first-order chi connectivity index (χ1) is 13.9. The molecule has 29 heavy (non-hydrogen) atoms. The Morgan fingerprint density at radius 2 is 1.79 bits per heavy atom. The highest BCUT2D eigenvalue weighted by Gasteiger charge is 2.20. The quantitative estimate of drug-likeness (QED) is 0.724.